The van der Waals surface area contributed by atoms with Gasteiger partial charge in [0.15, 0.2) is 0 Å². The molecule has 16 heavy (non-hydrogen) atoms. The Kier molecular flexibility index (Phi) is 4.51. The summed E-state index contributed by atoms with van der Waals surface area (Å²) in [6.07, 6.45) is 7.09. The fraction of sp³-hybridized carbons (Fsp3) is 0.667. The average Bonchev–Trinajstić information content (AvgIpc) is 2.76. The van der Waals surface area contributed by atoms with Crippen molar-refractivity contribution < 1.29 is 0 Å². The normalized spacial score (nSPS) is 14.4. The largest absolute Gasteiger partial charge is 0.335 e. The molecular weight excluding hydrogens is 200 g/mol. The Labute approximate surface area is 97.1 Å². The van der Waals surface area contributed by atoms with Crippen molar-refractivity contribution in [1.82, 2.24) is 9.55 Å². The lowest BCUT2D eigenvalue weighted by Crippen LogP contribution is -2.37. The molecule has 1 aromatic rings. The van der Waals surface area contributed by atoms with Crippen LogP contribution in [0.5, 0.6) is 0 Å². The predicted molar refractivity (Wildman–Crippen MR) is 63.7 cm³/mol. The molecule has 0 spiro atoms. The van der Waals surface area contributed by atoms with Crippen molar-refractivity contribution in [2.45, 2.75) is 51.6 Å². The summed E-state index contributed by atoms with van der Waals surface area (Å²) in [7, 11) is 0. The number of hydrogen-bond donors (Lipinski definition) is 1. The van der Waals surface area contributed by atoms with Gasteiger partial charge in [0.25, 0.3) is 0 Å². The topological polar surface area (TPSA) is 67.6 Å². The number of nitrogens with zero attached hydrogens (tertiary/aromatic N) is 3. The first kappa shape index (κ1) is 12.7. The molecule has 0 bridgehead atoms. The van der Waals surface area contributed by atoms with Crippen molar-refractivity contribution in [2.75, 3.05) is 0 Å². The molecule has 0 amide bonds. The molecule has 88 valence electrons. The van der Waals surface area contributed by atoms with Crippen molar-refractivity contribution in [3.8, 4) is 6.07 Å². The van der Waals surface area contributed by atoms with E-state index >= 15 is 0 Å². The summed E-state index contributed by atoms with van der Waals surface area (Å²) in [5.74, 6) is 1.09. The zero-order chi connectivity index (χ0) is 12.0. The van der Waals surface area contributed by atoms with Gasteiger partial charge in [-0.2, -0.15) is 5.26 Å². The Morgan fingerprint density at radius 1 is 1.56 bits per heavy atom. The molecule has 0 fully saturated rings. The standard InChI is InChI=1S/C12H20N4/c1-3-11-15-7-9-16(11)8-5-6-12(14,4-2)10-13/h7,9H,3-6,8,14H2,1-2H3. The number of hydrogen-bond acceptors (Lipinski definition) is 3. The molecule has 4 nitrogen and oxygen atoms in total. The van der Waals surface area contributed by atoms with E-state index in [0.29, 0.717) is 6.42 Å². The van der Waals surface area contributed by atoms with Crippen molar-refractivity contribution >= 4 is 0 Å². The van der Waals surface area contributed by atoms with Gasteiger partial charge in [0.2, 0.25) is 0 Å². The van der Waals surface area contributed by atoms with Crippen LogP contribution in [0.4, 0.5) is 0 Å². The van der Waals surface area contributed by atoms with Crippen molar-refractivity contribution in [2.24, 2.45) is 5.73 Å². The number of aryl methyl sites for hydroxylation is 2. The zero-order valence-corrected chi connectivity index (χ0v) is 10.1. The molecule has 4 heteroatoms. The summed E-state index contributed by atoms with van der Waals surface area (Å²) in [4.78, 5) is 4.26. The quantitative estimate of drug-likeness (QED) is 0.795. The molecule has 0 saturated carbocycles. The van der Waals surface area contributed by atoms with Crippen molar-refractivity contribution in [3.63, 3.8) is 0 Å². The summed E-state index contributed by atoms with van der Waals surface area (Å²) in [5.41, 5.74) is 5.26. The maximum Gasteiger partial charge on any atom is 0.108 e. The number of aromatic nitrogens is 2. The van der Waals surface area contributed by atoms with Gasteiger partial charge in [0, 0.05) is 25.4 Å². The second kappa shape index (κ2) is 5.66. The highest BCUT2D eigenvalue weighted by molar-refractivity contribution is 5.03. The minimum absolute atomic E-state index is 0.660. The molecule has 0 aliphatic rings. The first-order valence-electron chi connectivity index (χ1n) is 5.85. The lowest BCUT2D eigenvalue weighted by molar-refractivity contribution is 0.441. The van der Waals surface area contributed by atoms with Gasteiger partial charge in [0.1, 0.15) is 11.4 Å². The van der Waals surface area contributed by atoms with Crippen LogP contribution in [0, 0.1) is 11.3 Å². The van der Waals surface area contributed by atoms with E-state index in [9.17, 15) is 0 Å². The van der Waals surface area contributed by atoms with Crippen LogP contribution in [0.3, 0.4) is 0 Å². The molecule has 2 N–H and O–H groups in total. The number of nitrogens with two attached hydrogens (primary N) is 1. The first-order chi connectivity index (χ1) is 7.65. The highest BCUT2D eigenvalue weighted by atomic mass is 15.1. The Balaban J connectivity index is 2.45. The summed E-state index contributed by atoms with van der Waals surface area (Å²) in [5, 5.41) is 8.95. The monoisotopic (exact) mass is 220 g/mol. The predicted octanol–water partition coefficient (Wildman–Crippen LogP) is 1.86. The molecule has 0 radical (unpaired) electrons. The maximum absolute atomic E-state index is 8.95. The van der Waals surface area contributed by atoms with Gasteiger partial charge in [-0.3, -0.25) is 0 Å². The average molecular weight is 220 g/mol. The molecule has 1 unspecified atom stereocenters. The molecule has 0 saturated heterocycles. The molecule has 0 aliphatic heterocycles. The lowest BCUT2D eigenvalue weighted by atomic mass is 9.93. The number of imidazole rings is 1. The number of rotatable bonds is 6. The molecule has 1 atom stereocenters. The molecule has 1 rings (SSSR count). The second-order valence-electron chi connectivity index (χ2n) is 4.12. The van der Waals surface area contributed by atoms with Gasteiger partial charge < -0.3 is 10.3 Å². The van der Waals surface area contributed by atoms with E-state index in [1.165, 1.54) is 0 Å². The highest BCUT2D eigenvalue weighted by Crippen LogP contribution is 2.14. The van der Waals surface area contributed by atoms with E-state index in [2.05, 4.69) is 22.5 Å². The summed E-state index contributed by atoms with van der Waals surface area (Å²) in [6.45, 7) is 4.94. The van der Waals surface area contributed by atoms with E-state index in [1.54, 1.807) is 0 Å². The van der Waals surface area contributed by atoms with E-state index in [-0.39, 0.29) is 0 Å². The van der Waals surface area contributed by atoms with Crippen LogP contribution in [0.25, 0.3) is 0 Å². The molecule has 0 aromatic carbocycles. The van der Waals surface area contributed by atoms with Gasteiger partial charge in [-0.1, -0.05) is 13.8 Å². The van der Waals surface area contributed by atoms with Crippen LogP contribution in [0.2, 0.25) is 0 Å². The van der Waals surface area contributed by atoms with Gasteiger partial charge in [0.05, 0.1) is 6.07 Å². The van der Waals surface area contributed by atoms with E-state index in [0.717, 1.165) is 31.6 Å². The van der Waals surface area contributed by atoms with Crippen LogP contribution in [0.1, 0.15) is 38.9 Å². The number of nitriles is 1. The Bertz CT molecular complexity index is 363. The van der Waals surface area contributed by atoms with Gasteiger partial charge in [-0.25, -0.2) is 4.98 Å². The third-order valence-electron chi connectivity index (χ3n) is 2.99. The minimum Gasteiger partial charge on any atom is -0.335 e. The fourth-order valence-electron chi connectivity index (χ4n) is 1.73. The first-order valence-corrected chi connectivity index (χ1v) is 5.85. The third-order valence-corrected chi connectivity index (χ3v) is 2.99. The minimum atomic E-state index is -0.660. The SMILES string of the molecule is CCc1nccn1CCCC(N)(C#N)CC. The van der Waals surface area contributed by atoms with Crippen LogP contribution >= 0.6 is 0 Å². The van der Waals surface area contributed by atoms with Crippen LogP contribution in [-0.2, 0) is 13.0 Å². The molecule has 1 aromatic heterocycles. The van der Waals surface area contributed by atoms with E-state index in [4.69, 9.17) is 11.0 Å². The summed E-state index contributed by atoms with van der Waals surface area (Å²) >= 11 is 0. The Morgan fingerprint density at radius 3 is 2.88 bits per heavy atom. The summed E-state index contributed by atoms with van der Waals surface area (Å²) in [6, 6.07) is 2.19. The van der Waals surface area contributed by atoms with Crippen molar-refractivity contribution in [3.05, 3.63) is 18.2 Å². The lowest BCUT2D eigenvalue weighted by Gasteiger charge is -2.19. The second-order valence-corrected chi connectivity index (χ2v) is 4.12. The highest BCUT2D eigenvalue weighted by Gasteiger charge is 2.21. The molecule has 1 heterocycles. The smallest absolute Gasteiger partial charge is 0.108 e. The molecule has 0 aliphatic carbocycles. The van der Waals surface area contributed by atoms with E-state index in [1.807, 2.05) is 19.3 Å². The van der Waals surface area contributed by atoms with E-state index < -0.39 is 5.54 Å². The van der Waals surface area contributed by atoms with Gasteiger partial charge in [-0.15, -0.1) is 0 Å². The maximum atomic E-state index is 8.95. The van der Waals surface area contributed by atoms with Crippen molar-refractivity contribution in [1.29, 1.82) is 5.26 Å². The van der Waals surface area contributed by atoms with Crippen LogP contribution < -0.4 is 5.73 Å². The zero-order valence-electron chi connectivity index (χ0n) is 10.1. The fourth-order valence-corrected chi connectivity index (χ4v) is 1.73. The van der Waals surface area contributed by atoms with Gasteiger partial charge >= 0.3 is 0 Å². The van der Waals surface area contributed by atoms with Crippen LogP contribution in [0.15, 0.2) is 12.4 Å². The van der Waals surface area contributed by atoms with Gasteiger partial charge in [-0.05, 0) is 19.3 Å². The third kappa shape index (κ3) is 3.07. The Hall–Kier alpha value is -1.34. The molecular formula is C12H20N4. The summed E-state index contributed by atoms with van der Waals surface area (Å²) < 4.78 is 2.13. The Morgan fingerprint density at radius 2 is 2.31 bits per heavy atom. The van der Waals surface area contributed by atoms with Crippen LogP contribution in [-0.4, -0.2) is 15.1 Å².